The molecule has 4 aromatic rings. The van der Waals surface area contributed by atoms with Gasteiger partial charge in [-0.1, -0.05) is 48.4 Å². The number of aromatic nitrogens is 4. The number of benzene rings is 2. The molecule has 0 fully saturated rings. The largest absolute Gasteiger partial charge is 0.481 e. The van der Waals surface area contributed by atoms with Gasteiger partial charge in [0.2, 0.25) is 0 Å². The Hall–Kier alpha value is -4.07. The van der Waals surface area contributed by atoms with E-state index in [-0.39, 0.29) is 18.2 Å². The maximum absolute atomic E-state index is 13.6. The zero-order valence-electron chi connectivity index (χ0n) is 23.2. The highest BCUT2D eigenvalue weighted by Gasteiger charge is 2.27. The number of pyridine rings is 1. The summed E-state index contributed by atoms with van der Waals surface area (Å²) in [6, 6.07) is 12.5. The molecular formula is C32H35N5O3. The van der Waals surface area contributed by atoms with Gasteiger partial charge in [0.15, 0.2) is 5.65 Å². The van der Waals surface area contributed by atoms with E-state index in [9.17, 15) is 14.7 Å². The molecule has 206 valence electrons. The molecule has 2 aromatic carbocycles. The minimum Gasteiger partial charge on any atom is -0.481 e. The Bertz CT molecular complexity index is 1610. The topological polar surface area (TPSA) is 101 Å². The van der Waals surface area contributed by atoms with Crippen molar-refractivity contribution in [3.63, 3.8) is 0 Å². The molecule has 0 saturated heterocycles. The molecule has 1 unspecified atom stereocenters. The summed E-state index contributed by atoms with van der Waals surface area (Å²) in [5, 5.41) is 18.7. The number of carboxylic acid groups (broad SMARTS) is 1. The lowest BCUT2D eigenvalue weighted by molar-refractivity contribution is -0.137. The highest BCUT2D eigenvalue weighted by atomic mass is 16.4. The van der Waals surface area contributed by atoms with E-state index in [1.165, 1.54) is 11.1 Å². The SMILES string of the molecule is Cc1cc2ccc1C(=O)N1CCc3ccc(cc3C1)C(CC(=O)O)c1cnc3c(nnn3CCCCCC2)c1C. The quantitative estimate of drug-likeness (QED) is 0.369. The van der Waals surface area contributed by atoms with Crippen LogP contribution in [0.5, 0.6) is 0 Å². The normalized spacial score (nSPS) is 17.9. The zero-order valence-corrected chi connectivity index (χ0v) is 23.2. The minimum atomic E-state index is -0.872. The fourth-order valence-electron chi connectivity index (χ4n) is 6.33. The third kappa shape index (κ3) is 4.98. The fourth-order valence-corrected chi connectivity index (χ4v) is 6.33. The third-order valence-corrected chi connectivity index (χ3v) is 8.62. The van der Waals surface area contributed by atoms with Crippen LogP contribution in [0.4, 0.5) is 0 Å². The van der Waals surface area contributed by atoms with Gasteiger partial charge in [-0.2, -0.15) is 0 Å². The van der Waals surface area contributed by atoms with Crippen LogP contribution in [0.2, 0.25) is 0 Å². The molecule has 0 aliphatic carbocycles. The second-order valence-corrected chi connectivity index (χ2v) is 11.3. The standard InChI is InChI=1S/C32H35N5O3/c1-20-15-22-7-5-3-4-6-13-37-31-30(34-35-37)21(2)28(18-33-31)27(17-29(38)39)24-10-9-23-12-14-36(19-25(23)16-24)32(40)26(20)11-8-22/h8-11,15-16,18,27H,3-7,12-14,17,19H2,1-2H3,(H,38,39). The van der Waals surface area contributed by atoms with Crippen molar-refractivity contribution in [2.45, 2.75) is 77.8 Å². The molecule has 5 aliphatic heterocycles. The molecule has 9 bridgehead atoms. The molecule has 8 heteroatoms. The van der Waals surface area contributed by atoms with Crippen LogP contribution in [-0.2, 0) is 30.7 Å². The van der Waals surface area contributed by atoms with Gasteiger partial charge in [-0.25, -0.2) is 9.67 Å². The van der Waals surface area contributed by atoms with Crippen LogP contribution in [0.25, 0.3) is 11.2 Å². The molecule has 9 rings (SSSR count). The van der Waals surface area contributed by atoms with Crippen molar-refractivity contribution in [1.82, 2.24) is 24.9 Å². The fraction of sp³-hybridized carbons (Fsp3) is 0.406. The number of amides is 1. The number of carbonyl (C=O) groups excluding carboxylic acids is 1. The molecule has 8 nitrogen and oxygen atoms in total. The van der Waals surface area contributed by atoms with Gasteiger partial charge >= 0.3 is 5.97 Å². The zero-order chi connectivity index (χ0) is 27.8. The molecule has 2 aromatic heterocycles. The van der Waals surface area contributed by atoms with Crippen molar-refractivity contribution >= 4 is 23.0 Å². The number of nitrogens with zero attached hydrogens (tertiary/aromatic N) is 5. The molecule has 1 N–H and O–H groups in total. The second kappa shape index (κ2) is 10.8. The summed E-state index contributed by atoms with van der Waals surface area (Å²) in [6.45, 7) is 5.94. The number of carbonyl (C=O) groups is 2. The monoisotopic (exact) mass is 537 g/mol. The Kier molecular flexibility index (Phi) is 7.09. The second-order valence-electron chi connectivity index (χ2n) is 11.3. The van der Waals surface area contributed by atoms with Gasteiger partial charge in [-0.05, 0) is 84.5 Å². The first-order valence-electron chi connectivity index (χ1n) is 14.3. The number of rotatable bonds is 2. The van der Waals surface area contributed by atoms with Crippen molar-refractivity contribution in [3.8, 4) is 0 Å². The van der Waals surface area contributed by atoms with Crippen molar-refractivity contribution in [2.75, 3.05) is 6.54 Å². The lowest BCUT2D eigenvalue weighted by Crippen LogP contribution is -2.36. The van der Waals surface area contributed by atoms with Crippen LogP contribution in [0.3, 0.4) is 0 Å². The van der Waals surface area contributed by atoms with E-state index in [1.807, 2.05) is 35.6 Å². The Balaban J connectivity index is 1.42. The van der Waals surface area contributed by atoms with E-state index in [0.29, 0.717) is 13.1 Å². The smallest absolute Gasteiger partial charge is 0.304 e. The maximum atomic E-state index is 13.6. The van der Waals surface area contributed by atoms with Gasteiger partial charge in [0.05, 0.1) is 6.42 Å². The highest BCUT2D eigenvalue weighted by molar-refractivity contribution is 5.95. The molecule has 0 saturated carbocycles. The molecule has 7 heterocycles. The van der Waals surface area contributed by atoms with E-state index < -0.39 is 5.97 Å². The molecule has 40 heavy (non-hydrogen) atoms. The Morgan fingerprint density at radius 2 is 1.85 bits per heavy atom. The van der Waals surface area contributed by atoms with Crippen LogP contribution in [0.1, 0.15) is 87.3 Å². The highest BCUT2D eigenvalue weighted by Crippen LogP contribution is 2.35. The van der Waals surface area contributed by atoms with Gasteiger partial charge in [0.1, 0.15) is 5.52 Å². The summed E-state index contributed by atoms with van der Waals surface area (Å²) in [4.78, 5) is 32.3. The van der Waals surface area contributed by atoms with Crippen molar-refractivity contribution in [3.05, 3.63) is 87.1 Å². The summed E-state index contributed by atoms with van der Waals surface area (Å²) in [5.74, 6) is -1.20. The lowest BCUT2D eigenvalue weighted by Gasteiger charge is -2.30. The summed E-state index contributed by atoms with van der Waals surface area (Å²) >= 11 is 0. The van der Waals surface area contributed by atoms with Crippen molar-refractivity contribution < 1.29 is 14.7 Å². The van der Waals surface area contributed by atoms with E-state index in [2.05, 4.69) is 34.6 Å². The van der Waals surface area contributed by atoms with Gasteiger partial charge in [-0.15, -0.1) is 5.10 Å². The first-order valence-corrected chi connectivity index (χ1v) is 14.3. The van der Waals surface area contributed by atoms with Crippen LogP contribution < -0.4 is 0 Å². The predicted molar refractivity (Wildman–Crippen MR) is 152 cm³/mol. The average Bonchev–Trinajstić information content (AvgIpc) is 3.36. The minimum absolute atomic E-state index is 0.0536. The van der Waals surface area contributed by atoms with Gasteiger partial charge in [-0.3, -0.25) is 9.59 Å². The van der Waals surface area contributed by atoms with Crippen LogP contribution >= 0.6 is 0 Å². The Morgan fingerprint density at radius 3 is 2.67 bits per heavy atom. The summed E-state index contributed by atoms with van der Waals surface area (Å²) in [6.07, 6.45) is 7.81. The number of carboxylic acids is 1. The van der Waals surface area contributed by atoms with Crippen LogP contribution in [-0.4, -0.2) is 48.4 Å². The van der Waals surface area contributed by atoms with E-state index in [4.69, 9.17) is 4.98 Å². The van der Waals surface area contributed by atoms with E-state index in [1.54, 1.807) is 6.20 Å². The number of hydrogen-bond acceptors (Lipinski definition) is 5. The first kappa shape index (κ1) is 26.2. The van der Waals surface area contributed by atoms with Crippen molar-refractivity contribution in [2.24, 2.45) is 0 Å². The molecular weight excluding hydrogens is 502 g/mol. The maximum Gasteiger partial charge on any atom is 0.304 e. The van der Waals surface area contributed by atoms with Gasteiger partial charge < -0.3 is 10.0 Å². The average molecular weight is 538 g/mol. The molecule has 5 aliphatic rings. The molecule has 1 amide bonds. The number of aryl methyl sites for hydroxylation is 4. The van der Waals surface area contributed by atoms with E-state index in [0.717, 1.165) is 89.6 Å². The lowest BCUT2D eigenvalue weighted by atomic mass is 9.84. The van der Waals surface area contributed by atoms with Crippen LogP contribution in [0, 0.1) is 13.8 Å². The Morgan fingerprint density at radius 1 is 1.00 bits per heavy atom. The molecule has 0 spiro atoms. The van der Waals surface area contributed by atoms with Crippen LogP contribution in [0.15, 0.2) is 42.6 Å². The van der Waals surface area contributed by atoms with E-state index >= 15 is 0 Å². The van der Waals surface area contributed by atoms with Gasteiger partial charge in [0, 0.05) is 37.3 Å². The summed E-state index contributed by atoms with van der Waals surface area (Å²) in [7, 11) is 0. The molecule has 0 radical (unpaired) electrons. The summed E-state index contributed by atoms with van der Waals surface area (Å²) < 4.78 is 1.87. The number of hydrogen-bond donors (Lipinski definition) is 1. The number of aliphatic carboxylic acids is 1. The van der Waals surface area contributed by atoms with Gasteiger partial charge in [0.25, 0.3) is 5.91 Å². The Labute approximate surface area is 234 Å². The summed E-state index contributed by atoms with van der Waals surface area (Å²) in [5.41, 5.74) is 9.47. The first-order chi connectivity index (χ1) is 19.4. The third-order valence-electron chi connectivity index (χ3n) is 8.62. The van der Waals surface area contributed by atoms with Crippen molar-refractivity contribution in [1.29, 1.82) is 0 Å². The predicted octanol–water partition coefficient (Wildman–Crippen LogP) is 5.36. The molecule has 1 atom stereocenters.